The molecule has 0 radical (unpaired) electrons. The number of fused-ring (bicyclic) bond motifs is 1. The van der Waals surface area contributed by atoms with Gasteiger partial charge in [0.15, 0.2) is 0 Å². The first-order valence-corrected chi connectivity index (χ1v) is 7.83. The molecular formula is C15H22N2O2S. The Hall–Kier alpha value is -1.49. The molecule has 110 valence electrons. The minimum atomic E-state index is -1.09. The summed E-state index contributed by atoms with van der Waals surface area (Å²) < 4.78 is 12.9. The van der Waals surface area contributed by atoms with Crippen LogP contribution >= 0.6 is 0 Å². The average Bonchev–Trinajstić information content (AvgIpc) is 2.30. The van der Waals surface area contributed by atoms with Gasteiger partial charge in [-0.05, 0) is 6.07 Å². The summed E-state index contributed by atoms with van der Waals surface area (Å²) in [5.74, 6) is 0.177. The van der Waals surface area contributed by atoms with Crippen molar-refractivity contribution in [1.82, 2.24) is 9.55 Å². The van der Waals surface area contributed by atoms with E-state index in [9.17, 15) is 9.00 Å². The van der Waals surface area contributed by atoms with Crippen molar-refractivity contribution in [2.45, 2.75) is 39.5 Å². The molecule has 0 aliphatic heterocycles. The van der Waals surface area contributed by atoms with E-state index >= 15 is 0 Å². The first kappa shape index (κ1) is 16.6. The largest absolute Gasteiger partial charge is 0.349 e. The summed E-state index contributed by atoms with van der Waals surface area (Å²) in [6.07, 6.45) is 1.58. The Kier molecular flexibility index (Phi) is 4.86. The quantitative estimate of drug-likeness (QED) is 0.855. The third-order valence-corrected chi connectivity index (χ3v) is 3.53. The van der Waals surface area contributed by atoms with E-state index in [1.54, 1.807) is 6.26 Å². The monoisotopic (exact) mass is 294 g/mol. The van der Waals surface area contributed by atoms with E-state index in [1.165, 1.54) is 4.57 Å². The third-order valence-electron chi connectivity index (χ3n) is 2.91. The van der Waals surface area contributed by atoms with Crippen molar-refractivity contribution in [1.29, 1.82) is 0 Å². The van der Waals surface area contributed by atoms with Gasteiger partial charge in [-0.15, -0.1) is 0 Å². The predicted molar refractivity (Wildman–Crippen MR) is 85.5 cm³/mol. The van der Waals surface area contributed by atoms with Crippen molar-refractivity contribution < 1.29 is 4.21 Å². The molecule has 5 heteroatoms. The molecule has 0 N–H and O–H groups in total. The molecule has 1 atom stereocenters. The fraction of sp³-hybridized carbons (Fsp3) is 0.467. The normalized spacial score (nSPS) is 13.0. The minimum absolute atomic E-state index is 0. The van der Waals surface area contributed by atoms with Gasteiger partial charge >= 0.3 is 5.69 Å². The molecule has 1 unspecified atom stereocenters. The number of nitrogens with zero attached hydrogens (tertiary/aromatic N) is 2. The van der Waals surface area contributed by atoms with E-state index in [2.05, 4.69) is 4.98 Å². The number of para-hydroxylation sites is 1. The van der Waals surface area contributed by atoms with Crippen LogP contribution in [0.25, 0.3) is 10.9 Å². The van der Waals surface area contributed by atoms with E-state index in [4.69, 9.17) is 0 Å². The number of rotatable bonds is 2. The average molecular weight is 294 g/mol. The van der Waals surface area contributed by atoms with Crippen LogP contribution in [0.1, 0.15) is 33.9 Å². The molecule has 0 aliphatic carbocycles. The molecule has 0 bridgehead atoms. The summed E-state index contributed by atoms with van der Waals surface area (Å²) in [5, 5.41) is 0.944. The maximum atomic E-state index is 12.2. The van der Waals surface area contributed by atoms with Crippen LogP contribution < -0.4 is 5.69 Å². The molecule has 0 saturated heterocycles. The van der Waals surface area contributed by atoms with Crippen molar-refractivity contribution in [2.75, 3.05) is 6.26 Å². The van der Waals surface area contributed by atoms with Crippen LogP contribution in [-0.4, -0.2) is 20.0 Å². The van der Waals surface area contributed by atoms with Gasteiger partial charge in [0.05, 0.1) is 11.2 Å². The highest BCUT2D eigenvalue weighted by Gasteiger charge is 2.21. The molecule has 2 rings (SSSR count). The van der Waals surface area contributed by atoms with Gasteiger partial charge in [-0.25, -0.2) is 4.79 Å². The highest BCUT2D eigenvalue weighted by Crippen LogP contribution is 2.26. The van der Waals surface area contributed by atoms with Crippen LogP contribution in [0.15, 0.2) is 29.1 Å². The van der Waals surface area contributed by atoms with E-state index in [0.717, 1.165) is 16.6 Å². The van der Waals surface area contributed by atoms with Crippen LogP contribution in [0, 0.1) is 0 Å². The standard InChI is InChI=1S/C14H18N2O2S.CH4/c1-14(2,3)12-10-7-5-6-8-11(10)16(9-19(4)18)13(17)15-12;/h5-8H,9H2,1-4H3;1H4. The first-order valence-electron chi connectivity index (χ1n) is 6.11. The molecule has 0 spiro atoms. The summed E-state index contributed by atoms with van der Waals surface area (Å²) in [7, 11) is -1.09. The predicted octanol–water partition coefficient (Wildman–Crippen LogP) is 2.67. The fourth-order valence-electron chi connectivity index (χ4n) is 2.11. The topological polar surface area (TPSA) is 52.0 Å². The van der Waals surface area contributed by atoms with Crippen molar-refractivity contribution in [3.63, 3.8) is 0 Å². The fourth-order valence-corrected chi connectivity index (χ4v) is 2.72. The van der Waals surface area contributed by atoms with E-state index < -0.39 is 10.8 Å². The van der Waals surface area contributed by atoms with Gasteiger partial charge in [0.1, 0.15) is 5.88 Å². The third kappa shape index (κ3) is 3.15. The lowest BCUT2D eigenvalue weighted by atomic mass is 9.89. The molecule has 0 amide bonds. The van der Waals surface area contributed by atoms with Gasteiger partial charge in [0, 0.05) is 27.9 Å². The van der Waals surface area contributed by atoms with E-state index in [-0.39, 0.29) is 24.4 Å². The number of hydrogen-bond donors (Lipinski definition) is 0. The lowest BCUT2D eigenvalue weighted by molar-refractivity contribution is 0.566. The molecule has 4 nitrogen and oxygen atoms in total. The number of hydrogen-bond acceptors (Lipinski definition) is 3. The highest BCUT2D eigenvalue weighted by molar-refractivity contribution is 7.83. The Morgan fingerprint density at radius 1 is 1.25 bits per heavy atom. The van der Waals surface area contributed by atoms with Crippen molar-refractivity contribution in [3.05, 3.63) is 40.4 Å². The lowest BCUT2D eigenvalue weighted by Crippen LogP contribution is -2.29. The molecular weight excluding hydrogens is 272 g/mol. The summed E-state index contributed by atoms with van der Waals surface area (Å²) in [5.41, 5.74) is 1.04. The zero-order valence-electron chi connectivity index (χ0n) is 11.6. The van der Waals surface area contributed by atoms with Crippen molar-refractivity contribution >= 4 is 21.7 Å². The maximum Gasteiger partial charge on any atom is 0.349 e. The lowest BCUT2D eigenvalue weighted by Gasteiger charge is -2.21. The molecule has 1 aromatic carbocycles. The number of benzene rings is 1. The summed E-state index contributed by atoms with van der Waals surface area (Å²) in [4.78, 5) is 16.4. The zero-order valence-corrected chi connectivity index (χ0v) is 12.5. The second kappa shape index (κ2) is 5.87. The van der Waals surface area contributed by atoms with Gasteiger partial charge < -0.3 is 0 Å². The summed E-state index contributed by atoms with van der Waals surface area (Å²) >= 11 is 0. The zero-order chi connectivity index (χ0) is 14.2. The molecule has 0 saturated carbocycles. The minimum Gasteiger partial charge on any atom is -0.280 e. The molecule has 2 aromatic rings. The first-order chi connectivity index (χ1) is 8.80. The smallest absolute Gasteiger partial charge is 0.280 e. The molecule has 20 heavy (non-hydrogen) atoms. The van der Waals surface area contributed by atoms with Crippen LogP contribution in [-0.2, 0) is 22.1 Å². The maximum absolute atomic E-state index is 12.2. The SMILES string of the molecule is C.CS(=O)Cn1c(=O)nc(C(C)(C)C)c2ccccc21. The van der Waals surface area contributed by atoms with E-state index in [0.29, 0.717) is 0 Å². The Labute approximate surface area is 122 Å². The van der Waals surface area contributed by atoms with Crippen molar-refractivity contribution in [3.8, 4) is 0 Å². The summed E-state index contributed by atoms with van der Waals surface area (Å²) in [6.45, 7) is 6.09. The van der Waals surface area contributed by atoms with Crippen LogP contribution in [0.4, 0.5) is 0 Å². The molecule has 1 heterocycles. The Morgan fingerprint density at radius 3 is 2.40 bits per heavy atom. The van der Waals surface area contributed by atoms with Gasteiger partial charge in [-0.1, -0.05) is 46.4 Å². The van der Waals surface area contributed by atoms with Gasteiger partial charge in [-0.3, -0.25) is 8.78 Å². The van der Waals surface area contributed by atoms with E-state index in [1.807, 2.05) is 45.0 Å². The van der Waals surface area contributed by atoms with Crippen molar-refractivity contribution in [2.24, 2.45) is 0 Å². The molecule has 1 aromatic heterocycles. The van der Waals surface area contributed by atoms with Gasteiger partial charge in [-0.2, -0.15) is 4.98 Å². The Balaban J connectivity index is 0.00000200. The molecule has 0 fully saturated rings. The van der Waals surface area contributed by atoms with Crippen LogP contribution in [0.5, 0.6) is 0 Å². The van der Waals surface area contributed by atoms with Crippen LogP contribution in [0.2, 0.25) is 0 Å². The second-order valence-electron chi connectivity index (χ2n) is 5.64. The molecule has 0 aliphatic rings. The van der Waals surface area contributed by atoms with Gasteiger partial charge in [0.25, 0.3) is 0 Å². The number of aromatic nitrogens is 2. The highest BCUT2D eigenvalue weighted by atomic mass is 32.2. The second-order valence-corrected chi connectivity index (χ2v) is 7.05. The summed E-state index contributed by atoms with van der Waals surface area (Å²) in [6, 6.07) is 7.64. The Morgan fingerprint density at radius 2 is 1.85 bits per heavy atom. The Bertz CT molecular complexity index is 699. The van der Waals surface area contributed by atoms with Crippen LogP contribution in [0.3, 0.4) is 0 Å². The van der Waals surface area contributed by atoms with Gasteiger partial charge in [0.2, 0.25) is 0 Å².